The van der Waals surface area contributed by atoms with Gasteiger partial charge >= 0.3 is 5.97 Å². The second-order valence-electron chi connectivity index (χ2n) is 4.39. The zero-order valence-corrected chi connectivity index (χ0v) is 13.8. The van der Waals surface area contributed by atoms with E-state index in [1.54, 1.807) is 0 Å². The Bertz CT molecular complexity index is 450. The van der Waals surface area contributed by atoms with Crippen molar-refractivity contribution in [1.82, 2.24) is 16.0 Å². The van der Waals surface area contributed by atoms with Gasteiger partial charge in [0.1, 0.15) is 24.7 Å². The molecule has 0 aliphatic carbocycles. The topological polar surface area (TPSA) is 171 Å². The number of carbonyl (C=O) groups excluding carboxylic acids is 3. The number of carboxylic acids is 1. The third kappa shape index (κ3) is 8.06. The lowest BCUT2D eigenvalue weighted by atomic mass is 10.2. The Hall–Kier alpha value is -1.50. The van der Waals surface area contributed by atoms with Crippen LogP contribution in [0.4, 0.5) is 0 Å². The number of hydrogen-bond donors (Lipinski definition) is 8. The second kappa shape index (κ2) is 11.1. The van der Waals surface area contributed by atoms with Crippen LogP contribution in [0, 0.1) is 0 Å². The van der Waals surface area contributed by atoms with Crippen LogP contribution in [0.25, 0.3) is 0 Å². The molecular formula is C11H20N4O6S2. The molecule has 0 radical (unpaired) electrons. The van der Waals surface area contributed by atoms with E-state index in [2.05, 4.69) is 41.2 Å². The van der Waals surface area contributed by atoms with Gasteiger partial charge in [-0.15, -0.1) is 0 Å². The highest BCUT2D eigenvalue weighted by atomic mass is 32.1. The molecule has 12 heteroatoms. The van der Waals surface area contributed by atoms with Crippen LogP contribution in [-0.2, 0) is 19.2 Å². The summed E-state index contributed by atoms with van der Waals surface area (Å²) in [6.07, 6.45) is 0. The van der Waals surface area contributed by atoms with Gasteiger partial charge in [0.15, 0.2) is 0 Å². The molecule has 0 aliphatic heterocycles. The maximum atomic E-state index is 12.0. The van der Waals surface area contributed by atoms with Crippen LogP contribution in [0.15, 0.2) is 0 Å². The normalized spacial score (nSPS) is 14.3. The molecule has 10 nitrogen and oxygen atoms in total. The van der Waals surface area contributed by atoms with Gasteiger partial charge in [0.2, 0.25) is 17.7 Å². The summed E-state index contributed by atoms with van der Waals surface area (Å²) in [7, 11) is 0. The smallest absolute Gasteiger partial charge is 0.322 e. The lowest BCUT2D eigenvalue weighted by Gasteiger charge is -2.21. The van der Waals surface area contributed by atoms with Gasteiger partial charge in [0.05, 0.1) is 6.61 Å². The fourth-order valence-corrected chi connectivity index (χ4v) is 1.82. The number of thiol groups is 2. The average Bonchev–Trinajstić information content (AvgIpc) is 2.53. The summed E-state index contributed by atoms with van der Waals surface area (Å²) in [6.45, 7) is -1.19. The molecule has 3 amide bonds. The molecule has 0 fully saturated rings. The van der Waals surface area contributed by atoms with Crippen molar-refractivity contribution in [2.45, 2.75) is 18.1 Å². The molecule has 0 saturated carbocycles. The van der Waals surface area contributed by atoms with E-state index in [9.17, 15) is 19.2 Å². The first-order valence-electron chi connectivity index (χ1n) is 6.45. The Balaban J connectivity index is 4.67. The number of nitrogens with two attached hydrogens (primary N) is 1. The zero-order valence-electron chi connectivity index (χ0n) is 12.1. The maximum absolute atomic E-state index is 12.0. The van der Waals surface area contributed by atoms with Gasteiger partial charge in [0, 0.05) is 11.5 Å². The van der Waals surface area contributed by atoms with Gasteiger partial charge in [-0.3, -0.25) is 19.2 Å². The number of aliphatic carboxylic acids is 1. The molecular weight excluding hydrogens is 348 g/mol. The lowest BCUT2D eigenvalue weighted by Crippen LogP contribution is -2.57. The van der Waals surface area contributed by atoms with E-state index in [1.807, 2.05) is 0 Å². The van der Waals surface area contributed by atoms with E-state index >= 15 is 0 Å². The summed E-state index contributed by atoms with van der Waals surface area (Å²) in [6, 6.07) is -3.36. The molecule has 23 heavy (non-hydrogen) atoms. The van der Waals surface area contributed by atoms with Gasteiger partial charge in [-0.05, 0) is 0 Å². The number of nitrogens with one attached hydrogen (secondary N) is 3. The largest absolute Gasteiger partial charge is 0.480 e. The third-order valence-corrected chi connectivity index (χ3v) is 3.31. The second-order valence-corrected chi connectivity index (χ2v) is 5.12. The summed E-state index contributed by atoms with van der Waals surface area (Å²) in [4.78, 5) is 45.7. The van der Waals surface area contributed by atoms with Gasteiger partial charge in [-0.2, -0.15) is 25.3 Å². The van der Waals surface area contributed by atoms with Gasteiger partial charge in [-0.1, -0.05) is 0 Å². The summed E-state index contributed by atoms with van der Waals surface area (Å²) in [5.41, 5.74) is 5.31. The molecule has 0 aromatic rings. The highest BCUT2D eigenvalue weighted by Crippen LogP contribution is 1.95. The monoisotopic (exact) mass is 368 g/mol. The lowest BCUT2D eigenvalue weighted by molar-refractivity contribution is -0.138. The summed E-state index contributed by atoms with van der Waals surface area (Å²) >= 11 is 7.83. The first-order valence-corrected chi connectivity index (χ1v) is 7.71. The van der Waals surface area contributed by atoms with Crippen LogP contribution < -0.4 is 21.7 Å². The number of aliphatic hydroxyl groups excluding tert-OH is 1. The van der Waals surface area contributed by atoms with E-state index in [0.717, 1.165) is 0 Å². The molecule has 0 heterocycles. The van der Waals surface area contributed by atoms with E-state index in [4.69, 9.17) is 15.9 Å². The summed E-state index contributed by atoms with van der Waals surface area (Å²) in [5, 5.41) is 24.0. The van der Waals surface area contributed by atoms with Crippen LogP contribution in [0.3, 0.4) is 0 Å². The maximum Gasteiger partial charge on any atom is 0.322 e. The summed E-state index contributed by atoms with van der Waals surface area (Å²) < 4.78 is 0. The highest BCUT2D eigenvalue weighted by Gasteiger charge is 2.26. The Labute approximate surface area is 143 Å². The van der Waals surface area contributed by atoms with Crippen molar-refractivity contribution in [3.8, 4) is 0 Å². The highest BCUT2D eigenvalue weighted by molar-refractivity contribution is 7.80. The molecule has 0 rings (SSSR count). The minimum Gasteiger partial charge on any atom is -0.480 e. The van der Waals surface area contributed by atoms with Crippen LogP contribution in [0.1, 0.15) is 0 Å². The molecule has 7 N–H and O–H groups in total. The average molecular weight is 368 g/mol. The number of carboxylic acid groups (broad SMARTS) is 1. The molecule has 0 bridgehead atoms. The Morgan fingerprint density at radius 1 is 0.957 bits per heavy atom. The number of rotatable bonds is 10. The summed E-state index contributed by atoms with van der Waals surface area (Å²) in [5.74, 6) is -3.60. The number of amides is 3. The fraction of sp³-hybridized carbons (Fsp3) is 0.636. The van der Waals surface area contributed by atoms with E-state index < -0.39 is 55.0 Å². The minimum atomic E-state index is -1.24. The van der Waals surface area contributed by atoms with Gasteiger partial charge < -0.3 is 31.9 Å². The number of aliphatic hydroxyl groups is 1. The van der Waals surface area contributed by atoms with Crippen LogP contribution in [-0.4, -0.2) is 76.7 Å². The molecule has 3 atom stereocenters. The van der Waals surface area contributed by atoms with Crippen molar-refractivity contribution in [2.75, 3.05) is 24.7 Å². The molecule has 3 unspecified atom stereocenters. The standard InChI is InChI=1S/C11H20N4O6S2/c12-5(2-16)9(19)14-7(4-23)11(21)15-6(3-22)10(20)13-1-8(17)18/h5-7,16,22-23H,1-4,12H2,(H,13,20)(H,14,19)(H,15,21)(H,17,18). The van der Waals surface area contributed by atoms with E-state index in [0.29, 0.717) is 0 Å². The Kier molecular flexibility index (Phi) is 10.4. The van der Waals surface area contributed by atoms with Gasteiger partial charge in [0.25, 0.3) is 0 Å². The molecule has 0 aromatic heterocycles. The van der Waals surface area contributed by atoms with Crippen LogP contribution in [0.5, 0.6) is 0 Å². The number of carbonyl (C=O) groups is 4. The number of hydrogen-bond acceptors (Lipinski definition) is 8. The van der Waals surface area contributed by atoms with Crippen molar-refractivity contribution >= 4 is 48.9 Å². The molecule has 0 saturated heterocycles. The van der Waals surface area contributed by atoms with Crippen molar-refractivity contribution in [1.29, 1.82) is 0 Å². The van der Waals surface area contributed by atoms with Crippen molar-refractivity contribution < 1.29 is 29.4 Å². The van der Waals surface area contributed by atoms with Crippen molar-refractivity contribution in [2.24, 2.45) is 5.73 Å². The third-order valence-electron chi connectivity index (χ3n) is 2.58. The first kappa shape index (κ1) is 21.5. The molecule has 132 valence electrons. The minimum absolute atomic E-state index is 0.0776. The van der Waals surface area contributed by atoms with Crippen molar-refractivity contribution in [3.05, 3.63) is 0 Å². The molecule has 0 aromatic carbocycles. The SMILES string of the molecule is NC(CO)C(=O)NC(CS)C(=O)NC(CS)C(=O)NCC(=O)O. The van der Waals surface area contributed by atoms with Gasteiger partial charge in [-0.25, -0.2) is 0 Å². The van der Waals surface area contributed by atoms with E-state index in [1.165, 1.54) is 0 Å². The van der Waals surface area contributed by atoms with Crippen LogP contribution in [0.2, 0.25) is 0 Å². The quantitative estimate of drug-likeness (QED) is 0.184. The fourth-order valence-electron chi connectivity index (χ4n) is 1.31. The van der Waals surface area contributed by atoms with E-state index in [-0.39, 0.29) is 11.5 Å². The zero-order chi connectivity index (χ0) is 18.0. The first-order chi connectivity index (χ1) is 10.8. The predicted molar refractivity (Wildman–Crippen MR) is 87.3 cm³/mol. The predicted octanol–water partition coefficient (Wildman–Crippen LogP) is -3.66. The van der Waals surface area contributed by atoms with Crippen molar-refractivity contribution in [3.63, 3.8) is 0 Å². The molecule has 0 spiro atoms. The Morgan fingerprint density at radius 2 is 1.43 bits per heavy atom. The molecule has 0 aliphatic rings. The van der Waals surface area contributed by atoms with Crippen LogP contribution >= 0.6 is 25.3 Å². The Morgan fingerprint density at radius 3 is 1.87 bits per heavy atom.